The Morgan fingerprint density at radius 1 is 1.24 bits per heavy atom. The fraction of sp³-hybridized carbons (Fsp3) is 0.263. The first kappa shape index (κ1) is 18.7. The highest BCUT2D eigenvalue weighted by atomic mass is 16.5. The van der Waals surface area contributed by atoms with Crippen molar-refractivity contribution in [3.05, 3.63) is 54.3 Å². The first-order valence-electron chi connectivity index (χ1n) is 8.93. The van der Waals surface area contributed by atoms with E-state index in [1.165, 1.54) is 7.11 Å². The van der Waals surface area contributed by atoms with Gasteiger partial charge in [0.2, 0.25) is 17.6 Å². The van der Waals surface area contributed by atoms with Gasteiger partial charge in [0.15, 0.2) is 0 Å². The van der Waals surface area contributed by atoms with Gasteiger partial charge in [0.25, 0.3) is 0 Å². The molecule has 1 fully saturated rings. The zero-order valence-corrected chi connectivity index (χ0v) is 15.6. The van der Waals surface area contributed by atoms with Crippen molar-refractivity contribution >= 4 is 17.6 Å². The lowest BCUT2D eigenvalue weighted by Crippen LogP contribution is -2.48. The molecule has 0 bridgehead atoms. The first-order valence-corrected chi connectivity index (χ1v) is 8.93. The van der Waals surface area contributed by atoms with Crippen molar-refractivity contribution in [2.75, 3.05) is 32.1 Å². The van der Waals surface area contributed by atoms with Crippen LogP contribution in [-0.4, -0.2) is 63.6 Å². The lowest BCUT2D eigenvalue weighted by atomic mass is 10.0. The van der Waals surface area contributed by atoms with Crippen LogP contribution in [0.15, 0.2) is 47.4 Å². The number of nitrogens with one attached hydrogen (secondary N) is 1. The molecule has 0 saturated carbocycles. The summed E-state index contributed by atoms with van der Waals surface area (Å²) in [7, 11) is 1.32. The molecule has 1 aliphatic heterocycles. The van der Waals surface area contributed by atoms with Crippen LogP contribution in [0.3, 0.4) is 0 Å². The van der Waals surface area contributed by atoms with E-state index in [1.54, 1.807) is 42.9 Å². The zero-order chi connectivity index (χ0) is 20.2. The highest BCUT2D eigenvalue weighted by molar-refractivity contribution is 5.94. The van der Waals surface area contributed by atoms with E-state index in [1.807, 2.05) is 4.90 Å². The first-order chi connectivity index (χ1) is 14.1. The molecule has 1 aromatic carbocycles. The summed E-state index contributed by atoms with van der Waals surface area (Å²) >= 11 is 0. The number of amides is 1. The Morgan fingerprint density at radius 2 is 2.03 bits per heavy atom. The Hall–Kier alpha value is -3.66. The maximum absolute atomic E-state index is 12.2. The maximum Gasteiger partial charge on any atom is 0.337 e. The number of carbonyl (C=O) groups is 2. The summed E-state index contributed by atoms with van der Waals surface area (Å²) in [6.45, 7) is 1.55. The Bertz CT molecular complexity index is 999. The van der Waals surface area contributed by atoms with E-state index in [9.17, 15) is 9.59 Å². The number of hydrogen-bond donors (Lipinski definition) is 1. The fourth-order valence-electron chi connectivity index (χ4n) is 2.99. The van der Waals surface area contributed by atoms with Gasteiger partial charge in [0.05, 0.1) is 31.3 Å². The molecule has 2 aromatic heterocycles. The summed E-state index contributed by atoms with van der Waals surface area (Å²) < 4.78 is 9.97. The molecule has 0 atom stereocenters. The molecule has 0 radical (unpaired) electrons. The molecule has 0 aliphatic carbocycles. The fourth-order valence-corrected chi connectivity index (χ4v) is 2.99. The summed E-state index contributed by atoms with van der Waals surface area (Å²) in [5.74, 6) is 0.457. The number of ether oxygens (including phenoxy) is 1. The monoisotopic (exact) mass is 394 g/mol. The Labute approximate surface area is 165 Å². The van der Waals surface area contributed by atoms with Gasteiger partial charge < -0.3 is 14.6 Å². The third kappa shape index (κ3) is 4.27. The molecule has 0 unspecified atom stereocenters. The van der Waals surface area contributed by atoms with Crippen LogP contribution in [0.4, 0.5) is 5.69 Å². The molecule has 10 heteroatoms. The summed E-state index contributed by atoms with van der Waals surface area (Å²) in [6, 6.07) is 6.53. The SMILES string of the molecule is COC(=O)c1ccc(NC(=O)CN2CC(c3nc(-c4cnccn4)no3)C2)cc1. The Morgan fingerprint density at radius 3 is 2.72 bits per heavy atom. The van der Waals surface area contributed by atoms with Crippen LogP contribution < -0.4 is 5.32 Å². The van der Waals surface area contributed by atoms with Gasteiger partial charge in [-0.2, -0.15) is 4.98 Å². The number of anilines is 1. The number of esters is 1. The van der Waals surface area contributed by atoms with Crippen LogP contribution in [0.5, 0.6) is 0 Å². The van der Waals surface area contributed by atoms with Gasteiger partial charge in [-0.3, -0.25) is 14.7 Å². The van der Waals surface area contributed by atoms with Gasteiger partial charge in [-0.05, 0) is 24.3 Å². The number of rotatable bonds is 6. The van der Waals surface area contributed by atoms with Crippen molar-refractivity contribution < 1.29 is 18.8 Å². The van der Waals surface area contributed by atoms with E-state index in [4.69, 9.17) is 4.52 Å². The van der Waals surface area contributed by atoms with Crippen LogP contribution in [-0.2, 0) is 9.53 Å². The highest BCUT2D eigenvalue weighted by Crippen LogP contribution is 2.26. The number of benzene rings is 1. The van der Waals surface area contributed by atoms with Crippen molar-refractivity contribution in [1.82, 2.24) is 25.0 Å². The summed E-state index contributed by atoms with van der Waals surface area (Å²) in [6.07, 6.45) is 4.72. The maximum atomic E-state index is 12.2. The van der Waals surface area contributed by atoms with Crippen LogP contribution in [0.25, 0.3) is 11.5 Å². The molecule has 4 rings (SSSR count). The minimum Gasteiger partial charge on any atom is -0.465 e. The van der Waals surface area contributed by atoms with Crippen LogP contribution in [0.1, 0.15) is 22.2 Å². The van der Waals surface area contributed by atoms with Gasteiger partial charge in [-0.1, -0.05) is 5.16 Å². The summed E-state index contributed by atoms with van der Waals surface area (Å²) in [5.41, 5.74) is 1.60. The van der Waals surface area contributed by atoms with Crippen molar-refractivity contribution in [2.45, 2.75) is 5.92 Å². The molecule has 3 aromatic rings. The predicted octanol–water partition coefficient (Wildman–Crippen LogP) is 1.35. The standard InChI is InChI=1S/C19H18N6O4/c1-28-19(27)12-2-4-14(5-3-12)22-16(26)11-25-9-13(10-25)18-23-17(24-29-18)15-8-20-6-7-21-15/h2-8,13H,9-11H2,1H3,(H,22,26). The van der Waals surface area contributed by atoms with E-state index >= 15 is 0 Å². The Balaban J connectivity index is 1.26. The topological polar surface area (TPSA) is 123 Å². The molecule has 1 saturated heterocycles. The second kappa shape index (κ2) is 8.15. The molecule has 1 aliphatic rings. The normalized spacial score (nSPS) is 14.2. The number of hydrogen-bond acceptors (Lipinski definition) is 9. The molecule has 1 amide bonds. The van der Waals surface area contributed by atoms with Crippen LogP contribution in [0, 0.1) is 0 Å². The molecular weight excluding hydrogens is 376 g/mol. The summed E-state index contributed by atoms with van der Waals surface area (Å²) in [4.78, 5) is 38.1. The highest BCUT2D eigenvalue weighted by Gasteiger charge is 2.33. The van der Waals surface area contributed by atoms with Crippen molar-refractivity contribution in [1.29, 1.82) is 0 Å². The van der Waals surface area contributed by atoms with E-state index in [2.05, 4.69) is 30.2 Å². The predicted molar refractivity (Wildman–Crippen MR) is 101 cm³/mol. The number of carbonyl (C=O) groups excluding carboxylic acids is 2. The van der Waals surface area contributed by atoms with Gasteiger partial charge in [-0.25, -0.2) is 9.78 Å². The molecule has 1 N–H and O–H groups in total. The van der Waals surface area contributed by atoms with Crippen molar-refractivity contribution in [2.24, 2.45) is 0 Å². The Kier molecular flexibility index (Phi) is 5.25. The minimum absolute atomic E-state index is 0.0834. The lowest BCUT2D eigenvalue weighted by Gasteiger charge is -2.36. The average molecular weight is 394 g/mol. The average Bonchev–Trinajstić information content (AvgIpc) is 3.20. The lowest BCUT2D eigenvalue weighted by molar-refractivity contribution is -0.118. The van der Waals surface area contributed by atoms with Crippen LogP contribution in [0.2, 0.25) is 0 Å². The van der Waals surface area contributed by atoms with Crippen molar-refractivity contribution in [3.8, 4) is 11.5 Å². The summed E-state index contributed by atoms with van der Waals surface area (Å²) in [5, 5.41) is 6.74. The molecule has 0 spiro atoms. The minimum atomic E-state index is -0.419. The van der Waals surface area contributed by atoms with Gasteiger partial charge >= 0.3 is 5.97 Å². The number of methoxy groups -OCH3 is 1. The van der Waals surface area contributed by atoms with Crippen LogP contribution >= 0.6 is 0 Å². The van der Waals surface area contributed by atoms with Gasteiger partial charge in [-0.15, -0.1) is 0 Å². The van der Waals surface area contributed by atoms with E-state index in [0.717, 1.165) is 0 Å². The second-order valence-electron chi connectivity index (χ2n) is 6.55. The number of nitrogens with zero attached hydrogens (tertiary/aromatic N) is 5. The quantitative estimate of drug-likeness (QED) is 0.617. The molecule has 29 heavy (non-hydrogen) atoms. The van der Waals surface area contributed by atoms with Crippen molar-refractivity contribution in [3.63, 3.8) is 0 Å². The number of aromatic nitrogens is 4. The molecular formula is C19H18N6O4. The van der Waals surface area contributed by atoms with Gasteiger partial charge in [0, 0.05) is 31.2 Å². The molecule has 3 heterocycles. The largest absolute Gasteiger partial charge is 0.465 e. The second-order valence-corrected chi connectivity index (χ2v) is 6.55. The number of likely N-dealkylation sites (tertiary alicyclic amines) is 1. The third-order valence-corrected chi connectivity index (χ3v) is 4.50. The van der Waals surface area contributed by atoms with E-state index in [-0.39, 0.29) is 18.4 Å². The third-order valence-electron chi connectivity index (χ3n) is 4.50. The van der Waals surface area contributed by atoms with E-state index < -0.39 is 5.97 Å². The molecule has 148 valence electrons. The smallest absolute Gasteiger partial charge is 0.337 e. The molecule has 10 nitrogen and oxygen atoms in total. The van der Waals surface area contributed by atoms with E-state index in [0.29, 0.717) is 41.7 Å². The van der Waals surface area contributed by atoms with Gasteiger partial charge in [0.1, 0.15) is 5.69 Å². The zero-order valence-electron chi connectivity index (χ0n) is 15.6.